The molecule has 0 aliphatic carbocycles. The Morgan fingerprint density at radius 3 is 2.30 bits per heavy atom. The van der Waals surface area contributed by atoms with E-state index in [1.54, 1.807) is 30.5 Å². The minimum atomic E-state index is 0.390. The van der Waals surface area contributed by atoms with Crippen LogP contribution in [0.15, 0.2) is 36.5 Å². The zero-order chi connectivity index (χ0) is 14.3. The van der Waals surface area contributed by atoms with Crippen LogP contribution in [0, 0.1) is 0 Å². The fraction of sp³-hybridized carbons (Fsp3) is 0. The highest BCUT2D eigenvalue weighted by atomic mass is 35.5. The molecular formula is C14H10Cl2N4. The van der Waals surface area contributed by atoms with Crippen molar-refractivity contribution in [3.8, 4) is 11.1 Å². The van der Waals surface area contributed by atoms with Gasteiger partial charge >= 0.3 is 0 Å². The number of fused-ring (bicyclic) bond motifs is 1. The van der Waals surface area contributed by atoms with E-state index in [0.29, 0.717) is 27.2 Å². The molecule has 6 heteroatoms. The van der Waals surface area contributed by atoms with Gasteiger partial charge in [0.1, 0.15) is 11.6 Å². The quantitative estimate of drug-likeness (QED) is 0.717. The molecule has 0 saturated carbocycles. The molecule has 0 bridgehead atoms. The standard InChI is InChI=1S/C14H10Cl2N4/c15-9-1-7(2-10(16)4-9)11-3-8-6-19-13(17)5-12(8)20-14(11)18/h1-6H,(H2,17,19)(H2,18,20). The largest absolute Gasteiger partial charge is 0.384 e. The zero-order valence-corrected chi connectivity index (χ0v) is 11.8. The Balaban J connectivity index is 2.25. The number of nitrogens with two attached hydrogens (primary N) is 2. The highest BCUT2D eigenvalue weighted by Gasteiger charge is 2.09. The Hall–Kier alpha value is -2.04. The van der Waals surface area contributed by atoms with Gasteiger partial charge in [-0.25, -0.2) is 9.97 Å². The fourth-order valence-corrected chi connectivity index (χ4v) is 2.56. The van der Waals surface area contributed by atoms with Crippen molar-refractivity contribution in [2.24, 2.45) is 0 Å². The maximum atomic E-state index is 6.02. The van der Waals surface area contributed by atoms with Crippen molar-refractivity contribution in [3.63, 3.8) is 0 Å². The Kier molecular flexibility index (Phi) is 3.12. The molecule has 4 nitrogen and oxygen atoms in total. The first-order valence-corrected chi connectivity index (χ1v) is 6.57. The van der Waals surface area contributed by atoms with Crippen LogP contribution in [0.3, 0.4) is 0 Å². The summed E-state index contributed by atoms with van der Waals surface area (Å²) < 4.78 is 0. The van der Waals surface area contributed by atoms with Gasteiger partial charge in [0.2, 0.25) is 0 Å². The Labute approximate surface area is 125 Å². The average Bonchev–Trinajstić information content (AvgIpc) is 2.36. The van der Waals surface area contributed by atoms with Gasteiger partial charge in [-0.1, -0.05) is 23.2 Å². The van der Waals surface area contributed by atoms with Gasteiger partial charge in [-0.15, -0.1) is 0 Å². The fourth-order valence-electron chi connectivity index (χ4n) is 2.04. The molecule has 0 unspecified atom stereocenters. The van der Waals surface area contributed by atoms with E-state index in [-0.39, 0.29) is 0 Å². The number of pyridine rings is 2. The third-order valence-corrected chi connectivity index (χ3v) is 3.36. The second-order valence-corrected chi connectivity index (χ2v) is 5.25. The second kappa shape index (κ2) is 4.81. The summed E-state index contributed by atoms with van der Waals surface area (Å²) in [7, 11) is 0. The van der Waals surface area contributed by atoms with E-state index in [1.807, 2.05) is 6.07 Å². The van der Waals surface area contributed by atoms with E-state index in [4.69, 9.17) is 34.7 Å². The maximum absolute atomic E-state index is 6.02. The van der Waals surface area contributed by atoms with Crippen LogP contribution in [0.25, 0.3) is 22.0 Å². The minimum absolute atomic E-state index is 0.390. The molecule has 0 amide bonds. The lowest BCUT2D eigenvalue weighted by molar-refractivity contribution is 1.33. The first-order valence-electron chi connectivity index (χ1n) is 5.81. The smallest absolute Gasteiger partial charge is 0.132 e. The number of anilines is 2. The van der Waals surface area contributed by atoms with Crippen LogP contribution < -0.4 is 11.5 Å². The van der Waals surface area contributed by atoms with E-state index in [1.165, 1.54) is 0 Å². The van der Waals surface area contributed by atoms with Crippen molar-refractivity contribution in [1.29, 1.82) is 0 Å². The van der Waals surface area contributed by atoms with Gasteiger partial charge < -0.3 is 11.5 Å². The van der Waals surface area contributed by atoms with Crippen LogP contribution in [-0.4, -0.2) is 9.97 Å². The van der Waals surface area contributed by atoms with Gasteiger partial charge in [-0.3, -0.25) is 0 Å². The number of halogens is 2. The summed E-state index contributed by atoms with van der Waals surface area (Å²) in [6, 6.07) is 8.82. The predicted octanol–water partition coefficient (Wildman–Crippen LogP) is 3.77. The zero-order valence-electron chi connectivity index (χ0n) is 10.3. The maximum Gasteiger partial charge on any atom is 0.132 e. The molecule has 3 rings (SSSR count). The number of nitrogen functional groups attached to an aromatic ring is 2. The topological polar surface area (TPSA) is 77.8 Å². The third-order valence-electron chi connectivity index (χ3n) is 2.92. The van der Waals surface area contributed by atoms with Crippen molar-refractivity contribution in [2.75, 3.05) is 11.5 Å². The van der Waals surface area contributed by atoms with E-state index in [2.05, 4.69) is 9.97 Å². The SMILES string of the molecule is Nc1cc2nc(N)c(-c3cc(Cl)cc(Cl)c3)cc2cn1. The first kappa shape index (κ1) is 13.0. The Bertz CT molecular complexity index is 797. The summed E-state index contributed by atoms with van der Waals surface area (Å²) in [5.41, 5.74) is 13.9. The lowest BCUT2D eigenvalue weighted by Gasteiger charge is -2.08. The lowest BCUT2D eigenvalue weighted by Crippen LogP contribution is -1.97. The van der Waals surface area contributed by atoms with Crippen molar-refractivity contribution in [2.45, 2.75) is 0 Å². The van der Waals surface area contributed by atoms with E-state index in [0.717, 1.165) is 16.5 Å². The molecule has 0 aliphatic rings. The molecule has 0 atom stereocenters. The molecule has 0 fully saturated rings. The molecule has 0 saturated heterocycles. The van der Waals surface area contributed by atoms with Crippen LogP contribution in [-0.2, 0) is 0 Å². The highest BCUT2D eigenvalue weighted by Crippen LogP contribution is 2.32. The number of rotatable bonds is 1. The van der Waals surface area contributed by atoms with Crippen molar-refractivity contribution >= 4 is 45.7 Å². The van der Waals surface area contributed by atoms with Crippen molar-refractivity contribution in [3.05, 3.63) is 46.6 Å². The van der Waals surface area contributed by atoms with Crippen LogP contribution in [0.2, 0.25) is 10.0 Å². The minimum Gasteiger partial charge on any atom is -0.384 e. The monoisotopic (exact) mass is 304 g/mol. The van der Waals surface area contributed by atoms with Gasteiger partial charge in [0, 0.05) is 33.3 Å². The highest BCUT2D eigenvalue weighted by molar-refractivity contribution is 6.35. The van der Waals surface area contributed by atoms with Gasteiger partial charge in [0.15, 0.2) is 0 Å². The molecule has 20 heavy (non-hydrogen) atoms. The van der Waals surface area contributed by atoms with Crippen molar-refractivity contribution < 1.29 is 0 Å². The molecule has 0 aliphatic heterocycles. The van der Waals surface area contributed by atoms with E-state index >= 15 is 0 Å². The number of benzene rings is 1. The van der Waals surface area contributed by atoms with Gasteiger partial charge in [-0.2, -0.15) is 0 Å². The summed E-state index contributed by atoms with van der Waals surface area (Å²) in [4.78, 5) is 8.40. The molecule has 2 heterocycles. The van der Waals surface area contributed by atoms with Crippen LogP contribution in [0.1, 0.15) is 0 Å². The Morgan fingerprint density at radius 1 is 0.900 bits per heavy atom. The third kappa shape index (κ3) is 2.35. The van der Waals surface area contributed by atoms with Gasteiger partial charge in [-0.05, 0) is 29.8 Å². The molecule has 3 aromatic rings. The molecule has 100 valence electrons. The Morgan fingerprint density at radius 2 is 1.60 bits per heavy atom. The van der Waals surface area contributed by atoms with Crippen molar-refractivity contribution in [1.82, 2.24) is 9.97 Å². The van der Waals surface area contributed by atoms with Crippen LogP contribution in [0.4, 0.5) is 11.6 Å². The average molecular weight is 305 g/mol. The van der Waals surface area contributed by atoms with Crippen LogP contribution >= 0.6 is 23.2 Å². The summed E-state index contributed by atoms with van der Waals surface area (Å²) in [5.74, 6) is 0.796. The number of aromatic nitrogens is 2. The van der Waals surface area contributed by atoms with E-state index < -0.39 is 0 Å². The summed E-state index contributed by atoms with van der Waals surface area (Å²) in [6.07, 6.45) is 1.66. The van der Waals surface area contributed by atoms with Gasteiger partial charge in [0.05, 0.1) is 5.52 Å². The number of nitrogens with zero attached hydrogens (tertiary/aromatic N) is 2. The molecule has 1 aromatic carbocycles. The van der Waals surface area contributed by atoms with Gasteiger partial charge in [0.25, 0.3) is 0 Å². The molecule has 0 spiro atoms. The summed E-state index contributed by atoms with van der Waals surface area (Å²) >= 11 is 12.0. The molecule has 4 N–H and O–H groups in total. The van der Waals surface area contributed by atoms with E-state index in [9.17, 15) is 0 Å². The number of hydrogen-bond acceptors (Lipinski definition) is 4. The summed E-state index contributed by atoms with van der Waals surface area (Å²) in [6.45, 7) is 0. The first-order chi connectivity index (χ1) is 9.52. The second-order valence-electron chi connectivity index (χ2n) is 4.38. The van der Waals surface area contributed by atoms with Crippen LogP contribution in [0.5, 0.6) is 0 Å². The number of hydrogen-bond donors (Lipinski definition) is 2. The molecule has 2 aromatic heterocycles. The molecular weight excluding hydrogens is 295 g/mol. The summed E-state index contributed by atoms with van der Waals surface area (Å²) in [5, 5.41) is 1.93. The normalized spacial score (nSPS) is 10.9. The predicted molar refractivity (Wildman–Crippen MR) is 83.8 cm³/mol. The lowest BCUT2D eigenvalue weighted by atomic mass is 10.0. The molecule has 0 radical (unpaired) electrons.